The number of rotatable bonds is 4. The van der Waals surface area contributed by atoms with Gasteiger partial charge in [0.1, 0.15) is 0 Å². The van der Waals surface area contributed by atoms with E-state index in [1.54, 1.807) is 0 Å². The summed E-state index contributed by atoms with van der Waals surface area (Å²) >= 11 is 0. The average Bonchev–Trinajstić information content (AvgIpc) is 2.63. The van der Waals surface area contributed by atoms with Crippen molar-refractivity contribution in [3.05, 3.63) is 0 Å². The molecule has 118 valence electrons. The van der Waals surface area contributed by atoms with Crippen molar-refractivity contribution in [1.82, 2.24) is 10.2 Å². The number of likely N-dealkylation sites (tertiary alicyclic amines) is 1. The van der Waals surface area contributed by atoms with Crippen LogP contribution in [0.15, 0.2) is 0 Å². The Labute approximate surface area is 127 Å². The average molecular weight is 292 g/mol. The Balaban J connectivity index is 1.65. The lowest BCUT2D eigenvalue weighted by atomic mass is 9.60. The van der Waals surface area contributed by atoms with Crippen molar-refractivity contribution in [3.8, 4) is 0 Å². The molecule has 4 nitrogen and oxygen atoms in total. The van der Waals surface area contributed by atoms with Gasteiger partial charge in [-0.25, -0.2) is 0 Å². The lowest BCUT2D eigenvalue weighted by Crippen LogP contribution is -2.58. The lowest BCUT2D eigenvalue weighted by molar-refractivity contribution is -0.152. The number of fused-ring (bicyclic) bond motifs is 2. The molecular formula is C17H28N2O2. The summed E-state index contributed by atoms with van der Waals surface area (Å²) in [7, 11) is 0. The molecule has 3 fully saturated rings. The number of carbonyl (C=O) groups excluding carboxylic acids is 2. The summed E-state index contributed by atoms with van der Waals surface area (Å²) in [4.78, 5) is 27.1. The van der Waals surface area contributed by atoms with Crippen LogP contribution in [0.2, 0.25) is 0 Å². The van der Waals surface area contributed by atoms with E-state index in [9.17, 15) is 9.59 Å². The molecule has 2 atom stereocenters. The minimum absolute atomic E-state index is 0.00936. The van der Waals surface area contributed by atoms with E-state index >= 15 is 0 Å². The van der Waals surface area contributed by atoms with Gasteiger partial charge in [0.25, 0.3) is 0 Å². The normalized spacial score (nSPS) is 35.8. The molecule has 0 radical (unpaired) electrons. The van der Waals surface area contributed by atoms with E-state index in [2.05, 4.69) is 24.1 Å². The van der Waals surface area contributed by atoms with E-state index < -0.39 is 0 Å². The summed E-state index contributed by atoms with van der Waals surface area (Å²) in [6.07, 6.45) is 7.72. The molecule has 2 saturated heterocycles. The van der Waals surface area contributed by atoms with Gasteiger partial charge in [-0.3, -0.25) is 14.9 Å². The summed E-state index contributed by atoms with van der Waals surface area (Å²) in [5.41, 5.74) is -0.504. The van der Waals surface area contributed by atoms with Gasteiger partial charge in [0.05, 0.1) is 5.41 Å². The summed E-state index contributed by atoms with van der Waals surface area (Å²) < 4.78 is 0. The number of imide groups is 1. The van der Waals surface area contributed by atoms with Crippen LogP contribution in [0.1, 0.15) is 58.8 Å². The summed E-state index contributed by atoms with van der Waals surface area (Å²) in [5.74, 6) is -0.0377. The van der Waals surface area contributed by atoms with Crippen LogP contribution in [0.4, 0.5) is 0 Å². The molecule has 0 spiro atoms. The van der Waals surface area contributed by atoms with Crippen molar-refractivity contribution in [3.63, 3.8) is 0 Å². The Bertz CT molecular complexity index is 440. The van der Waals surface area contributed by atoms with E-state index in [1.165, 1.54) is 32.4 Å². The highest BCUT2D eigenvalue weighted by Gasteiger charge is 2.63. The number of piperidine rings is 2. The Morgan fingerprint density at radius 3 is 2.62 bits per heavy atom. The molecule has 2 amide bonds. The highest BCUT2D eigenvalue weighted by atomic mass is 16.2. The van der Waals surface area contributed by atoms with E-state index in [-0.39, 0.29) is 28.6 Å². The van der Waals surface area contributed by atoms with Gasteiger partial charge in [-0.1, -0.05) is 20.3 Å². The van der Waals surface area contributed by atoms with Crippen LogP contribution in [0.25, 0.3) is 0 Å². The molecule has 2 bridgehead atoms. The first-order chi connectivity index (χ1) is 9.97. The highest BCUT2D eigenvalue weighted by Crippen LogP contribution is 2.60. The highest BCUT2D eigenvalue weighted by molar-refractivity contribution is 6.03. The fraction of sp³-hybridized carbons (Fsp3) is 0.882. The molecule has 3 rings (SSSR count). The smallest absolute Gasteiger partial charge is 0.233 e. The SMILES string of the molecule is CC1(C)C2CCC1(CCCN1CCCCC1)C(=O)NC2=O. The zero-order valence-electron chi connectivity index (χ0n) is 13.4. The van der Waals surface area contributed by atoms with E-state index in [1.807, 2.05) is 0 Å². The molecule has 0 aromatic rings. The molecule has 0 aromatic carbocycles. The van der Waals surface area contributed by atoms with Crippen LogP contribution in [-0.2, 0) is 9.59 Å². The number of hydrogen-bond acceptors (Lipinski definition) is 3. The largest absolute Gasteiger partial charge is 0.303 e. The van der Waals surface area contributed by atoms with Crippen LogP contribution in [0.5, 0.6) is 0 Å². The zero-order valence-corrected chi connectivity index (χ0v) is 13.4. The Morgan fingerprint density at radius 1 is 1.19 bits per heavy atom. The maximum Gasteiger partial charge on any atom is 0.233 e. The predicted molar refractivity (Wildman–Crippen MR) is 81.6 cm³/mol. The van der Waals surface area contributed by atoms with Crippen LogP contribution in [0.3, 0.4) is 0 Å². The second-order valence-corrected chi connectivity index (χ2v) is 7.72. The second kappa shape index (κ2) is 5.38. The minimum atomic E-state index is -0.318. The third-order valence-electron chi connectivity index (χ3n) is 6.48. The van der Waals surface area contributed by atoms with Crippen molar-refractivity contribution < 1.29 is 9.59 Å². The fourth-order valence-corrected chi connectivity index (χ4v) is 4.94. The molecule has 1 saturated carbocycles. The number of hydrogen-bond donors (Lipinski definition) is 1. The predicted octanol–water partition coefficient (Wildman–Crippen LogP) is 2.33. The molecule has 21 heavy (non-hydrogen) atoms. The van der Waals surface area contributed by atoms with Crippen molar-refractivity contribution in [1.29, 1.82) is 0 Å². The second-order valence-electron chi connectivity index (χ2n) is 7.72. The molecule has 1 N–H and O–H groups in total. The van der Waals surface area contributed by atoms with Crippen molar-refractivity contribution >= 4 is 11.8 Å². The first-order valence-electron chi connectivity index (χ1n) is 8.55. The molecule has 0 aromatic heterocycles. The molecule has 2 heterocycles. The van der Waals surface area contributed by atoms with Crippen LogP contribution < -0.4 is 5.32 Å². The maximum absolute atomic E-state index is 12.5. The summed E-state index contributed by atoms with van der Waals surface area (Å²) in [5, 5.41) is 2.63. The number of amides is 2. The summed E-state index contributed by atoms with van der Waals surface area (Å²) in [6.45, 7) is 7.78. The molecule has 2 unspecified atom stereocenters. The monoisotopic (exact) mass is 292 g/mol. The Hall–Kier alpha value is -0.900. The molecule has 2 aliphatic heterocycles. The standard InChI is InChI=1S/C17H28N2O2/c1-16(2)13-7-9-17(16,15(21)18-14(13)20)8-6-12-19-10-4-3-5-11-19/h13H,3-12H2,1-2H3,(H,18,20,21). The lowest BCUT2D eigenvalue weighted by Gasteiger charge is -2.46. The zero-order chi connectivity index (χ0) is 15.1. The molecule has 4 heteroatoms. The van der Waals surface area contributed by atoms with Gasteiger partial charge in [0.2, 0.25) is 11.8 Å². The third-order valence-corrected chi connectivity index (χ3v) is 6.48. The van der Waals surface area contributed by atoms with Crippen molar-refractivity contribution in [2.24, 2.45) is 16.7 Å². The van der Waals surface area contributed by atoms with Crippen LogP contribution in [0, 0.1) is 16.7 Å². The number of carbonyl (C=O) groups is 2. The number of nitrogens with zero attached hydrogens (tertiary/aromatic N) is 1. The Morgan fingerprint density at radius 2 is 1.90 bits per heavy atom. The van der Waals surface area contributed by atoms with E-state index in [0.717, 1.165) is 32.2 Å². The quantitative estimate of drug-likeness (QED) is 0.809. The van der Waals surface area contributed by atoms with Crippen molar-refractivity contribution in [2.45, 2.75) is 58.8 Å². The van der Waals surface area contributed by atoms with Gasteiger partial charge < -0.3 is 4.90 Å². The minimum Gasteiger partial charge on any atom is -0.303 e. The number of nitrogens with one attached hydrogen (secondary N) is 1. The van der Waals surface area contributed by atoms with E-state index in [4.69, 9.17) is 0 Å². The first-order valence-corrected chi connectivity index (χ1v) is 8.55. The third kappa shape index (κ3) is 2.32. The van der Waals surface area contributed by atoms with Crippen molar-refractivity contribution in [2.75, 3.05) is 19.6 Å². The van der Waals surface area contributed by atoms with Gasteiger partial charge in [-0.2, -0.15) is 0 Å². The first kappa shape index (κ1) is 15.0. The van der Waals surface area contributed by atoms with Gasteiger partial charge >= 0.3 is 0 Å². The van der Waals surface area contributed by atoms with Gasteiger partial charge in [0, 0.05) is 5.92 Å². The molecule has 3 aliphatic rings. The van der Waals surface area contributed by atoms with Gasteiger partial charge in [-0.15, -0.1) is 0 Å². The van der Waals surface area contributed by atoms with Gasteiger partial charge in [0.15, 0.2) is 0 Å². The summed E-state index contributed by atoms with van der Waals surface area (Å²) in [6, 6.07) is 0. The Kier molecular flexibility index (Phi) is 3.85. The maximum atomic E-state index is 12.5. The van der Waals surface area contributed by atoms with Crippen LogP contribution >= 0.6 is 0 Å². The van der Waals surface area contributed by atoms with Crippen LogP contribution in [-0.4, -0.2) is 36.3 Å². The fourth-order valence-electron chi connectivity index (χ4n) is 4.94. The molecule has 1 aliphatic carbocycles. The molecular weight excluding hydrogens is 264 g/mol. The topological polar surface area (TPSA) is 49.4 Å². The van der Waals surface area contributed by atoms with E-state index in [0.29, 0.717) is 0 Å². The van der Waals surface area contributed by atoms with Gasteiger partial charge in [-0.05, 0) is 63.6 Å².